The van der Waals surface area contributed by atoms with Gasteiger partial charge in [0.25, 0.3) is 5.91 Å². The highest BCUT2D eigenvalue weighted by Gasteiger charge is 2.18. The number of nitrogens with zero attached hydrogens (tertiary/aromatic N) is 3. The second-order valence-electron chi connectivity index (χ2n) is 4.29. The molecule has 0 aromatic carbocycles. The SMILES string of the molecule is CCSCCC(C)N(C)C(=O)c1cnc(C)cn1. The van der Waals surface area contributed by atoms with Gasteiger partial charge in [0.05, 0.1) is 11.9 Å². The van der Waals surface area contributed by atoms with Crippen molar-refractivity contribution >= 4 is 17.7 Å². The third-order valence-corrected chi connectivity index (χ3v) is 3.80. The van der Waals surface area contributed by atoms with Crippen LogP contribution in [0.5, 0.6) is 0 Å². The van der Waals surface area contributed by atoms with Crippen molar-refractivity contribution < 1.29 is 4.79 Å². The van der Waals surface area contributed by atoms with Crippen molar-refractivity contribution in [3.05, 3.63) is 23.8 Å². The smallest absolute Gasteiger partial charge is 0.274 e. The highest BCUT2D eigenvalue weighted by atomic mass is 32.2. The maximum atomic E-state index is 12.1. The molecule has 0 radical (unpaired) electrons. The van der Waals surface area contributed by atoms with E-state index in [0.717, 1.165) is 23.6 Å². The van der Waals surface area contributed by atoms with Crippen LogP contribution in [-0.2, 0) is 0 Å². The second kappa shape index (κ2) is 7.36. The van der Waals surface area contributed by atoms with Crippen LogP contribution in [0.4, 0.5) is 0 Å². The van der Waals surface area contributed by atoms with Gasteiger partial charge in [0.2, 0.25) is 0 Å². The van der Waals surface area contributed by atoms with Crippen LogP contribution < -0.4 is 0 Å². The summed E-state index contributed by atoms with van der Waals surface area (Å²) in [6.07, 6.45) is 4.17. The molecular weight excluding hydrogens is 246 g/mol. The Bertz CT molecular complexity index is 380. The molecule has 0 saturated heterocycles. The number of carbonyl (C=O) groups is 1. The molecule has 1 rings (SSSR count). The maximum Gasteiger partial charge on any atom is 0.274 e. The highest BCUT2D eigenvalue weighted by molar-refractivity contribution is 7.99. The summed E-state index contributed by atoms with van der Waals surface area (Å²) in [5.41, 5.74) is 1.24. The molecule has 0 aliphatic rings. The summed E-state index contributed by atoms with van der Waals surface area (Å²) in [4.78, 5) is 22.1. The van der Waals surface area contributed by atoms with Gasteiger partial charge in [-0.05, 0) is 31.8 Å². The van der Waals surface area contributed by atoms with Gasteiger partial charge >= 0.3 is 0 Å². The molecule has 1 aromatic rings. The van der Waals surface area contributed by atoms with Crippen LogP contribution in [0.1, 0.15) is 36.5 Å². The molecular formula is C13H21N3OS. The van der Waals surface area contributed by atoms with Crippen LogP contribution in [-0.4, -0.2) is 45.4 Å². The lowest BCUT2D eigenvalue weighted by atomic mass is 10.2. The molecule has 100 valence electrons. The predicted molar refractivity (Wildman–Crippen MR) is 75.9 cm³/mol. The molecule has 0 aliphatic heterocycles. The molecule has 0 fully saturated rings. The minimum atomic E-state index is -0.0588. The molecule has 5 heteroatoms. The number of aryl methyl sites for hydroxylation is 1. The van der Waals surface area contributed by atoms with E-state index in [-0.39, 0.29) is 11.9 Å². The van der Waals surface area contributed by atoms with Crippen LogP contribution in [0.2, 0.25) is 0 Å². The quantitative estimate of drug-likeness (QED) is 0.742. The summed E-state index contributed by atoms with van der Waals surface area (Å²) >= 11 is 1.90. The fourth-order valence-electron chi connectivity index (χ4n) is 1.48. The first kappa shape index (κ1) is 15.0. The average Bonchev–Trinajstić information content (AvgIpc) is 2.38. The summed E-state index contributed by atoms with van der Waals surface area (Å²) < 4.78 is 0. The molecule has 0 aliphatic carbocycles. The monoisotopic (exact) mass is 267 g/mol. The van der Waals surface area contributed by atoms with Gasteiger partial charge in [-0.3, -0.25) is 9.78 Å². The van der Waals surface area contributed by atoms with Crippen LogP contribution in [0.3, 0.4) is 0 Å². The molecule has 0 saturated carbocycles. The van der Waals surface area contributed by atoms with Crippen LogP contribution in [0.15, 0.2) is 12.4 Å². The third-order valence-electron chi connectivity index (χ3n) is 2.87. The molecule has 1 atom stereocenters. The number of hydrogen-bond acceptors (Lipinski definition) is 4. The third kappa shape index (κ3) is 4.29. The van der Waals surface area contributed by atoms with Crippen molar-refractivity contribution in [2.24, 2.45) is 0 Å². The van der Waals surface area contributed by atoms with Crippen molar-refractivity contribution in [2.45, 2.75) is 33.2 Å². The number of thioether (sulfide) groups is 1. The van der Waals surface area contributed by atoms with Crippen LogP contribution >= 0.6 is 11.8 Å². The van der Waals surface area contributed by atoms with Gasteiger partial charge in [-0.15, -0.1) is 0 Å². The lowest BCUT2D eigenvalue weighted by Gasteiger charge is -2.24. The molecule has 0 bridgehead atoms. The first-order valence-electron chi connectivity index (χ1n) is 6.19. The van der Waals surface area contributed by atoms with Gasteiger partial charge in [-0.25, -0.2) is 4.98 Å². The van der Waals surface area contributed by atoms with E-state index in [1.54, 1.807) is 17.3 Å². The predicted octanol–water partition coefficient (Wildman–Crippen LogP) is 2.39. The van der Waals surface area contributed by atoms with E-state index in [1.807, 2.05) is 25.7 Å². The standard InChI is InChI=1S/C13H21N3OS/c1-5-18-7-6-11(3)16(4)13(17)12-9-14-10(2)8-15-12/h8-9,11H,5-7H2,1-4H3. The van der Waals surface area contributed by atoms with Crippen LogP contribution in [0, 0.1) is 6.92 Å². The number of amides is 1. The van der Waals surface area contributed by atoms with Crippen molar-refractivity contribution in [1.82, 2.24) is 14.9 Å². The largest absolute Gasteiger partial charge is 0.338 e. The molecule has 0 N–H and O–H groups in total. The Hall–Kier alpha value is -1.10. The molecule has 1 amide bonds. The Morgan fingerprint density at radius 3 is 2.72 bits per heavy atom. The summed E-state index contributed by atoms with van der Waals surface area (Å²) in [5.74, 6) is 2.14. The Morgan fingerprint density at radius 1 is 1.44 bits per heavy atom. The molecule has 4 nitrogen and oxygen atoms in total. The van der Waals surface area contributed by atoms with Crippen molar-refractivity contribution in [3.8, 4) is 0 Å². The molecule has 0 spiro atoms. The molecule has 1 heterocycles. The molecule has 1 aromatic heterocycles. The minimum Gasteiger partial charge on any atom is -0.338 e. The minimum absolute atomic E-state index is 0.0588. The summed E-state index contributed by atoms with van der Waals surface area (Å²) in [7, 11) is 1.82. The number of aromatic nitrogens is 2. The molecule has 1 unspecified atom stereocenters. The van der Waals surface area contributed by atoms with Gasteiger partial charge in [0.1, 0.15) is 5.69 Å². The van der Waals surface area contributed by atoms with E-state index in [1.165, 1.54) is 0 Å². The van der Waals surface area contributed by atoms with E-state index < -0.39 is 0 Å². The summed E-state index contributed by atoms with van der Waals surface area (Å²) in [6, 6.07) is 0.222. The normalized spacial score (nSPS) is 12.2. The average molecular weight is 267 g/mol. The first-order chi connectivity index (χ1) is 8.56. The van der Waals surface area contributed by atoms with Gasteiger partial charge in [-0.1, -0.05) is 6.92 Å². The fraction of sp³-hybridized carbons (Fsp3) is 0.615. The van der Waals surface area contributed by atoms with E-state index >= 15 is 0 Å². The van der Waals surface area contributed by atoms with Crippen molar-refractivity contribution in [1.29, 1.82) is 0 Å². The van der Waals surface area contributed by atoms with E-state index in [4.69, 9.17) is 0 Å². The molecule has 18 heavy (non-hydrogen) atoms. The Morgan fingerprint density at radius 2 is 2.17 bits per heavy atom. The first-order valence-corrected chi connectivity index (χ1v) is 7.35. The van der Waals surface area contributed by atoms with Gasteiger partial charge < -0.3 is 4.90 Å². The lowest BCUT2D eigenvalue weighted by Crippen LogP contribution is -2.36. The highest BCUT2D eigenvalue weighted by Crippen LogP contribution is 2.10. The van der Waals surface area contributed by atoms with E-state index in [2.05, 4.69) is 23.8 Å². The maximum absolute atomic E-state index is 12.1. The summed E-state index contributed by atoms with van der Waals surface area (Å²) in [5, 5.41) is 0. The number of hydrogen-bond donors (Lipinski definition) is 0. The number of rotatable bonds is 6. The zero-order valence-electron chi connectivity index (χ0n) is 11.5. The Labute approximate surface area is 113 Å². The van der Waals surface area contributed by atoms with Gasteiger partial charge in [0.15, 0.2) is 0 Å². The van der Waals surface area contributed by atoms with Gasteiger partial charge in [-0.2, -0.15) is 11.8 Å². The fourth-order valence-corrected chi connectivity index (χ4v) is 2.27. The zero-order valence-corrected chi connectivity index (χ0v) is 12.3. The number of carbonyl (C=O) groups excluding carboxylic acids is 1. The van der Waals surface area contributed by atoms with E-state index in [0.29, 0.717) is 5.69 Å². The summed E-state index contributed by atoms with van der Waals surface area (Å²) in [6.45, 7) is 6.07. The van der Waals surface area contributed by atoms with E-state index in [9.17, 15) is 4.79 Å². The Balaban J connectivity index is 2.57. The lowest BCUT2D eigenvalue weighted by molar-refractivity contribution is 0.0735. The van der Waals surface area contributed by atoms with Gasteiger partial charge in [0, 0.05) is 19.3 Å². The van der Waals surface area contributed by atoms with Crippen LogP contribution in [0.25, 0.3) is 0 Å². The Kier molecular flexibility index (Phi) is 6.12. The topological polar surface area (TPSA) is 46.1 Å². The van der Waals surface area contributed by atoms with Crippen molar-refractivity contribution in [3.63, 3.8) is 0 Å². The van der Waals surface area contributed by atoms with Crippen molar-refractivity contribution in [2.75, 3.05) is 18.6 Å². The zero-order chi connectivity index (χ0) is 13.5. The second-order valence-corrected chi connectivity index (χ2v) is 5.69.